The summed E-state index contributed by atoms with van der Waals surface area (Å²) in [6, 6.07) is 13.0. The Balaban J connectivity index is 1.55. The lowest BCUT2D eigenvalue weighted by atomic mass is 10.2. The van der Waals surface area contributed by atoms with Crippen molar-refractivity contribution in [3.05, 3.63) is 69.6 Å². The minimum absolute atomic E-state index is 0.0199. The van der Waals surface area contributed by atoms with E-state index in [1.165, 1.54) is 15.9 Å². The summed E-state index contributed by atoms with van der Waals surface area (Å²) in [7, 11) is 1.59. The first kappa shape index (κ1) is 17.9. The number of H-pyrrole nitrogens is 1. The standard InChI is InChI=1S/C19H17N5O3S/c1-27-15-6-3-2-5-12(15)11-20-18(25)10-17-21-22-19(26)14-9-13(23-24(14)17)16-7-4-8-28-16/h2-9H,10-11H2,1H3,(H,20,25)(H,22,26). The van der Waals surface area contributed by atoms with Crippen LogP contribution in [0.1, 0.15) is 11.4 Å². The van der Waals surface area contributed by atoms with Gasteiger partial charge in [0.1, 0.15) is 17.0 Å². The molecule has 2 N–H and O–H groups in total. The van der Waals surface area contributed by atoms with Gasteiger partial charge in [0.2, 0.25) is 5.91 Å². The Morgan fingerprint density at radius 2 is 2.14 bits per heavy atom. The van der Waals surface area contributed by atoms with Gasteiger partial charge in [0.15, 0.2) is 5.82 Å². The van der Waals surface area contributed by atoms with Crippen molar-refractivity contribution in [2.45, 2.75) is 13.0 Å². The van der Waals surface area contributed by atoms with Crippen molar-refractivity contribution in [3.63, 3.8) is 0 Å². The van der Waals surface area contributed by atoms with Gasteiger partial charge in [-0.25, -0.2) is 9.61 Å². The molecule has 0 atom stereocenters. The molecule has 3 heterocycles. The van der Waals surface area contributed by atoms with E-state index < -0.39 is 0 Å². The first-order valence-electron chi connectivity index (χ1n) is 8.55. The summed E-state index contributed by atoms with van der Waals surface area (Å²) in [5.74, 6) is 0.829. The molecular weight excluding hydrogens is 378 g/mol. The number of ether oxygens (including phenoxy) is 1. The van der Waals surface area contributed by atoms with Gasteiger partial charge in [0.25, 0.3) is 5.56 Å². The van der Waals surface area contributed by atoms with Gasteiger partial charge in [-0.3, -0.25) is 9.59 Å². The Morgan fingerprint density at radius 3 is 2.93 bits per heavy atom. The maximum Gasteiger partial charge on any atom is 0.290 e. The van der Waals surface area contributed by atoms with Crippen LogP contribution in [0.15, 0.2) is 52.6 Å². The maximum absolute atomic E-state index is 12.4. The minimum atomic E-state index is -0.353. The number of nitrogens with zero attached hydrogens (tertiary/aromatic N) is 3. The van der Waals surface area contributed by atoms with E-state index in [2.05, 4.69) is 20.6 Å². The molecule has 0 fully saturated rings. The number of carbonyl (C=O) groups excluding carboxylic acids is 1. The highest BCUT2D eigenvalue weighted by Gasteiger charge is 2.15. The molecule has 0 saturated heterocycles. The van der Waals surface area contributed by atoms with Crippen LogP contribution in [0, 0.1) is 0 Å². The molecule has 0 spiro atoms. The number of carbonyl (C=O) groups is 1. The predicted octanol–water partition coefficient (Wildman–Crippen LogP) is 2.01. The molecule has 4 aromatic rings. The van der Waals surface area contributed by atoms with Crippen LogP contribution in [0.2, 0.25) is 0 Å². The predicted molar refractivity (Wildman–Crippen MR) is 105 cm³/mol. The third kappa shape index (κ3) is 3.52. The number of para-hydroxylation sites is 1. The number of amides is 1. The number of aromatic amines is 1. The molecule has 142 valence electrons. The van der Waals surface area contributed by atoms with E-state index in [4.69, 9.17) is 4.74 Å². The molecule has 0 aliphatic rings. The molecule has 4 rings (SSSR count). The Kier molecular flexibility index (Phi) is 4.90. The van der Waals surface area contributed by atoms with Crippen LogP contribution in [0.5, 0.6) is 5.75 Å². The quantitative estimate of drug-likeness (QED) is 0.520. The third-order valence-corrected chi connectivity index (χ3v) is 5.13. The smallest absolute Gasteiger partial charge is 0.290 e. The number of hydrogen-bond acceptors (Lipinski definition) is 6. The number of nitrogens with one attached hydrogen (secondary N) is 2. The number of thiophene rings is 1. The fourth-order valence-electron chi connectivity index (χ4n) is 2.87. The molecular formula is C19H17N5O3S. The monoisotopic (exact) mass is 395 g/mol. The SMILES string of the molecule is COc1ccccc1CNC(=O)Cc1n[nH]c(=O)c2cc(-c3cccs3)nn12. The molecule has 0 saturated carbocycles. The van der Waals surface area contributed by atoms with Crippen LogP contribution >= 0.6 is 11.3 Å². The summed E-state index contributed by atoms with van der Waals surface area (Å²) in [5, 5.41) is 15.7. The average Bonchev–Trinajstić information content (AvgIpc) is 3.39. The minimum Gasteiger partial charge on any atom is -0.496 e. The van der Waals surface area contributed by atoms with Gasteiger partial charge in [0, 0.05) is 12.1 Å². The largest absolute Gasteiger partial charge is 0.496 e. The van der Waals surface area contributed by atoms with E-state index in [9.17, 15) is 9.59 Å². The van der Waals surface area contributed by atoms with Crippen molar-refractivity contribution in [2.75, 3.05) is 7.11 Å². The Hall–Kier alpha value is -3.46. The number of fused-ring (bicyclic) bond motifs is 1. The summed E-state index contributed by atoms with van der Waals surface area (Å²) in [4.78, 5) is 25.5. The molecule has 0 bridgehead atoms. The first-order chi connectivity index (χ1) is 13.7. The second-order valence-corrected chi connectivity index (χ2v) is 6.99. The topological polar surface area (TPSA) is 101 Å². The fourth-order valence-corrected chi connectivity index (χ4v) is 3.55. The fraction of sp³-hybridized carbons (Fsp3) is 0.158. The van der Waals surface area contributed by atoms with Gasteiger partial charge in [-0.05, 0) is 23.6 Å². The highest BCUT2D eigenvalue weighted by molar-refractivity contribution is 7.13. The van der Waals surface area contributed by atoms with Gasteiger partial charge in [0.05, 0.1) is 18.4 Å². The summed E-state index contributed by atoms with van der Waals surface area (Å²) in [6.45, 7) is 0.328. The zero-order chi connectivity index (χ0) is 19.5. The second kappa shape index (κ2) is 7.65. The molecule has 0 unspecified atom stereocenters. The molecule has 1 amide bonds. The van der Waals surface area contributed by atoms with E-state index in [1.807, 2.05) is 41.8 Å². The van der Waals surface area contributed by atoms with Crippen molar-refractivity contribution in [2.24, 2.45) is 0 Å². The summed E-state index contributed by atoms with van der Waals surface area (Å²) in [5.41, 5.74) is 1.54. The molecule has 1 aromatic carbocycles. The number of rotatable bonds is 6. The van der Waals surface area contributed by atoms with Crippen molar-refractivity contribution in [1.29, 1.82) is 0 Å². The van der Waals surface area contributed by atoms with Gasteiger partial charge < -0.3 is 10.1 Å². The van der Waals surface area contributed by atoms with Crippen molar-refractivity contribution in [1.82, 2.24) is 25.1 Å². The summed E-state index contributed by atoms with van der Waals surface area (Å²) >= 11 is 1.53. The Bertz CT molecular complexity index is 1180. The molecule has 28 heavy (non-hydrogen) atoms. The van der Waals surface area contributed by atoms with Crippen molar-refractivity contribution >= 4 is 22.8 Å². The highest BCUT2D eigenvalue weighted by atomic mass is 32.1. The lowest BCUT2D eigenvalue weighted by molar-refractivity contribution is -0.120. The van der Waals surface area contributed by atoms with E-state index in [-0.39, 0.29) is 17.9 Å². The molecule has 0 aliphatic heterocycles. The molecule has 3 aromatic heterocycles. The third-order valence-electron chi connectivity index (χ3n) is 4.23. The van der Waals surface area contributed by atoms with E-state index in [0.717, 1.165) is 10.4 Å². The summed E-state index contributed by atoms with van der Waals surface area (Å²) in [6.07, 6.45) is -0.0199. The molecule has 9 heteroatoms. The van der Waals surface area contributed by atoms with Crippen LogP contribution in [0.4, 0.5) is 0 Å². The highest BCUT2D eigenvalue weighted by Crippen LogP contribution is 2.23. The maximum atomic E-state index is 12.4. The van der Waals surface area contributed by atoms with Crippen LogP contribution in [-0.2, 0) is 17.8 Å². The van der Waals surface area contributed by atoms with Gasteiger partial charge >= 0.3 is 0 Å². The Labute approximate surface area is 163 Å². The van der Waals surface area contributed by atoms with Crippen LogP contribution in [0.3, 0.4) is 0 Å². The molecule has 8 nitrogen and oxygen atoms in total. The molecule has 0 radical (unpaired) electrons. The molecule has 0 aliphatic carbocycles. The number of methoxy groups -OCH3 is 1. The first-order valence-corrected chi connectivity index (χ1v) is 9.43. The number of aromatic nitrogens is 4. The zero-order valence-electron chi connectivity index (χ0n) is 15.0. The van der Waals surface area contributed by atoms with Crippen LogP contribution < -0.4 is 15.6 Å². The lowest BCUT2D eigenvalue weighted by Crippen LogP contribution is -2.27. The van der Waals surface area contributed by atoms with Gasteiger partial charge in [-0.15, -0.1) is 11.3 Å². The number of benzene rings is 1. The summed E-state index contributed by atoms with van der Waals surface area (Å²) < 4.78 is 6.72. The van der Waals surface area contributed by atoms with E-state index in [1.54, 1.807) is 13.2 Å². The van der Waals surface area contributed by atoms with Gasteiger partial charge in [-0.1, -0.05) is 24.3 Å². The van der Waals surface area contributed by atoms with Crippen LogP contribution in [0.25, 0.3) is 16.1 Å². The van der Waals surface area contributed by atoms with Crippen molar-refractivity contribution < 1.29 is 9.53 Å². The zero-order valence-corrected chi connectivity index (χ0v) is 15.8. The van der Waals surface area contributed by atoms with E-state index >= 15 is 0 Å². The average molecular weight is 395 g/mol. The second-order valence-electron chi connectivity index (χ2n) is 6.04. The van der Waals surface area contributed by atoms with Gasteiger partial charge in [-0.2, -0.15) is 10.2 Å². The number of hydrogen-bond donors (Lipinski definition) is 2. The Morgan fingerprint density at radius 1 is 1.29 bits per heavy atom. The normalized spacial score (nSPS) is 10.9. The van der Waals surface area contributed by atoms with E-state index in [0.29, 0.717) is 29.3 Å². The van der Waals surface area contributed by atoms with Crippen LogP contribution in [-0.4, -0.2) is 32.8 Å². The lowest BCUT2D eigenvalue weighted by Gasteiger charge is -2.09. The van der Waals surface area contributed by atoms with Crippen molar-refractivity contribution in [3.8, 4) is 16.3 Å².